The summed E-state index contributed by atoms with van der Waals surface area (Å²) in [5.74, 6) is -0.874. The van der Waals surface area contributed by atoms with Crippen LogP contribution in [0.4, 0.5) is 0 Å². The Bertz CT molecular complexity index is 678. The molecule has 2 fully saturated rings. The molecule has 0 spiro atoms. The van der Waals surface area contributed by atoms with Gasteiger partial charge in [0.2, 0.25) is 5.91 Å². The lowest BCUT2D eigenvalue weighted by Gasteiger charge is -2.24. The molecule has 2 aliphatic heterocycles. The number of benzene rings is 1. The fraction of sp³-hybridized carbons (Fsp3) is 0.619. The number of hydrogen-bond donors (Lipinski definition) is 1. The monoisotopic (exact) mass is 373 g/mol. The van der Waals surface area contributed by atoms with E-state index < -0.39 is 5.97 Å². The van der Waals surface area contributed by atoms with Crippen molar-refractivity contribution in [1.82, 2.24) is 14.7 Å². The van der Waals surface area contributed by atoms with Crippen LogP contribution < -0.4 is 0 Å². The number of aryl methyl sites for hydroxylation is 1. The van der Waals surface area contributed by atoms with E-state index >= 15 is 0 Å². The first kappa shape index (κ1) is 19.8. The quantitative estimate of drug-likeness (QED) is 0.851. The fourth-order valence-electron chi connectivity index (χ4n) is 4.22. The van der Waals surface area contributed by atoms with Gasteiger partial charge in [-0.2, -0.15) is 0 Å². The predicted molar refractivity (Wildman–Crippen MR) is 104 cm³/mol. The SMILES string of the molecule is Cc1ccccc1CN1CCCN(C(=O)CN2C[C@@H](C)[C@H](C(=O)O)C2)CC1. The smallest absolute Gasteiger partial charge is 0.308 e. The number of amides is 1. The Morgan fingerprint density at radius 2 is 1.85 bits per heavy atom. The fourth-order valence-corrected chi connectivity index (χ4v) is 4.22. The van der Waals surface area contributed by atoms with Crippen molar-refractivity contribution in [2.24, 2.45) is 11.8 Å². The third-order valence-corrected chi connectivity index (χ3v) is 5.96. The Kier molecular flexibility index (Phi) is 6.50. The molecule has 2 atom stereocenters. The van der Waals surface area contributed by atoms with Gasteiger partial charge in [-0.1, -0.05) is 31.2 Å². The van der Waals surface area contributed by atoms with Crippen molar-refractivity contribution >= 4 is 11.9 Å². The van der Waals surface area contributed by atoms with Gasteiger partial charge < -0.3 is 10.0 Å². The topological polar surface area (TPSA) is 64.1 Å². The molecule has 0 aromatic heterocycles. The number of hydrogen-bond acceptors (Lipinski definition) is 4. The summed E-state index contributed by atoms with van der Waals surface area (Å²) in [6.45, 7) is 9.96. The first-order valence-electron chi connectivity index (χ1n) is 9.94. The Balaban J connectivity index is 1.50. The number of carboxylic acid groups (broad SMARTS) is 1. The molecule has 0 bridgehead atoms. The van der Waals surface area contributed by atoms with Gasteiger partial charge in [0.25, 0.3) is 0 Å². The molecule has 1 aromatic rings. The summed E-state index contributed by atoms with van der Waals surface area (Å²) in [6.07, 6.45) is 0.978. The van der Waals surface area contributed by atoms with Crippen LogP contribution in [-0.4, -0.2) is 77.5 Å². The number of carboxylic acids is 1. The molecule has 6 heteroatoms. The normalized spacial score (nSPS) is 24.7. The second-order valence-electron chi connectivity index (χ2n) is 8.05. The van der Waals surface area contributed by atoms with E-state index in [0.717, 1.165) is 39.1 Å². The molecule has 0 saturated carbocycles. The van der Waals surface area contributed by atoms with Crippen LogP contribution in [0.5, 0.6) is 0 Å². The minimum Gasteiger partial charge on any atom is -0.481 e. The van der Waals surface area contributed by atoms with Crippen LogP contribution in [0.25, 0.3) is 0 Å². The summed E-state index contributed by atoms with van der Waals surface area (Å²) in [5.41, 5.74) is 2.66. The molecule has 6 nitrogen and oxygen atoms in total. The Morgan fingerprint density at radius 1 is 1.07 bits per heavy atom. The van der Waals surface area contributed by atoms with Crippen molar-refractivity contribution in [3.05, 3.63) is 35.4 Å². The van der Waals surface area contributed by atoms with Gasteiger partial charge in [0, 0.05) is 45.8 Å². The maximum Gasteiger partial charge on any atom is 0.308 e. The van der Waals surface area contributed by atoms with Crippen LogP contribution in [0.2, 0.25) is 0 Å². The van der Waals surface area contributed by atoms with Gasteiger partial charge in [-0.25, -0.2) is 0 Å². The van der Waals surface area contributed by atoms with Crippen molar-refractivity contribution in [3.8, 4) is 0 Å². The minimum absolute atomic E-state index is 0.101. The molecule has 1 aromatic carbocycles. The van der Waals surface area contributed by atoms with Gasteiger partial charge in [-0.15, -0.1) is 0 Å². The summed E-state index contributed by atoms with van der Waals surface area (Å²) in [7, 11) is 0. The standard InChI is InChI=1S/C21H31N3O3/c1-16-6-3-4-7-18(16)13-22-8-5-9-24(11-10-22)20(25)15-23-12-17(2)19(14-23)21(26)27/h3-4,6-7,17,19H,5,8-15H2,1-2H3,(H,26,27)/t17-,19-/m1/s1. The molecule has 27 heavy (non-hydrogen) atoms. The third-order valence-electron chi connectivity index (χ3n) is 5.96. The van der Waals surface area contributed by atoms with Crippen LogP contribution in [0.1, 0.15) is 24.5 Å². The number of nitrogens with zero attached hydrogens (tertiary/aromatic N) is 3. The highest BCUT2D eigenvalue weighted by atomic mass is 16.4. The molecular weight excluding hydrogens is 342 g/mol. The molecule has 2 saturated heterocycles. The van der Waals surface area contributed by atoms with Crippen molar-refractivity contribution in [2.75, 3.05) is 45.8 Å². The van der Waals surface area contributed by atoms with Crippen LogP contribution in [0.15, 0.2) is 24.3 Å². The zero-order chi connectivity index (χ0) is 19.4. The Hall–Kier alpha value is -1.92. The maximum atomic E-state index is 12.7. The third kappa shape index (κ3) is 5.08. The van der Waals surface area contributed by atoms with E-state index in [1.54, 1.807) is 0 Å². The molecule has 2 heterocycles. The van der Waals surface area contributed by atoms with E-state index in [2.05, 4.69) is 36.1 Å². The number of aliphatic carboxylic acids is 1. The summed E-state index contributed by atoms with van der Waals surface area (Å²) < 4.78 is 0. The number of carbonyl (C=O) groups excluding carboxylic acids is 1. The van der Waals surface area contributed by atoms with E-state index in [1.807, 2.05) is 16.7 Å². The van der Waals surface area contributed by atoms with E-state index in [-0.39, 0.29) is 17.7 Å². The lowest BCUT2D eigenvalue weighted by Crippen LogP contribution is -2.41. The van der Waals surface area contributed by atoms with Crippen LogP contribution in [0, 0.1) is 18.8 Å². The lowest BCUT2D eigenvalue weighted by atomic mass is 9.99. The highest BCUT2D eigenvalue weighted by molar-refractivity contribution is 5.78. The zero-order valence-electron chi connectivity index (χ0n) is 16.4. The predicted octanol–water partition coefficient (Wildman–Crippen LogP) is 1.68. The van der Waals surface area contributed by atoms with Crippen LogP contribution in [0.3, 0.4) is 0 Å². The molecule has 1 N–H and O–H groups in total. The second-order valence-corrected chi connectivity index (χ2v) is 8.05. The molecule has 0 radical (unpaired) electrons. The average molecular weight is 373 g/mol. The van der Waals surface area contributed by atoms with Crippen molar-refractivity contribution in [3.63, 3.8) is 0 Å². The summed E-state index contributed by atoms with van der Waals surface area (Å²) in [4.78, 5) is 30.4. The van der Waals surface area contributed by atoms with Crippen molar-refractivity contribution in [1.29, 1.82) is 0 Å². The molecule has 0 aliphatic carbocycles. The van der Waals surface area contributed by atoms with Gasteiger partial charge >= 0.3 is 5.97 Å². The van der Waals surface area contributed by atoms with E-state index in [4.69, 9.17) is 0 Å². The van der Waals surface area contributed by atoms with Gasteiger partial charge in [-0.3, -0.25) is 19.4 Å². The minimum atomic E-state index is -0.751. The van der Waals surface area contributed by atoms with Gasteiger partial charge in [-0.05, 0) is 30.4 Å². The number of likely N-dealkylation sites (tertiary alicyclic amines) is 1. The summed E-state index contributed by atoms with van der Waals surface area (Å²) in [6, 6.07) is 8.47. The molecule has 0 unspecified atom stereocenters. The summed E-state index contributed by atoms with van der Waals surface area (Å²) in [5, 5.41) is 9.26. The Labute approximate surface area is 161 Å². The first-order chi connectivity index (χ1) is 12.9. The largest absolute Gasteiger partial charge is 0.481 e. The number of rotatable bonds is 5. The van der Waals surface area contributed by atoms with Gasteiger partial charge in [0.15, 0.2) is 0 Å². The molecular formula is C21H31N3O3. The highest BCUT2D eigenvalue weighted by Gasteiger charge is 2.36. The molecule has 2 aliphatic rings. The first-order valence-corrected chi connectivity index (χ1v) is 9.94. The van der Waals surface area contributed by atoms with Gasteiger partial charge in [0.05, 0.1) is 12.5 Å². The van der Waals surface area contributed by atoms with Crippen LogP contribution in [-0.2, 0) is 16.1 Å². The van der Waals surface area contributed by atoms with Crippen molar-refractivity contribution < 1.29 is 14.7 Å². The highest BCUT2D eigenvalue weighted by Crippen LogP contribution is 2.23. The molecule has 1 amide bonds. The average Bonchev–Trinajstić information content (AvgIpc) is 2.84. The van der Waals surface area contributed by atoms with E-state index in [0.29, 0.717) is 19.6 Å². The lowest BCUT2D eigenvalue weighted by molar-refractivity contribution is -0.142. The molecule has 3 rings (SSSR count). The Morgan fingerprint density at radius 3 is 2.56 bits per heavy atom. The summed E-state index contributed by atoms with van der Waals surface area (Å²) >= 11 is 0. The van der Waals surface area contributed by atoms with Crippen molar-refractivity contribution in [2.45, 2.75) is 26.8 Å². The van der Waals surface area contributed by atoms with E-state index in [1.165, 1.54) is 11.1 Å². The second kappa shape index (κ2) is 8.85. The maximum absolute atomic E-state index is 12.7. The number of carbonyl (C=O) groups is 2. The molecule has 148 valence electrons. The van der Waals surface area contributed by atoms with Gasteiger partial charge in [0.1, 0.15) is 0 Å². The van der Waals surface area contributed by atoms with Crippen LogP contribution >= 0.6 is 0 Å². The van der Waals surface area contributed by atoms with E-state index in [9.17, 15) is 14.7 Å². The zero-order valence-corrected chi connectivity index (χ0v) is 16.4.